The van der Waals surface area contributed by atoms with E-state index in [0.717, 1.165) is 12.1 Å². The Morgan fingerprint density at radius 3 is 2.50 bits per heavy atom. The monoisotopic (exact) mass is 190 g/mol. The highest BCUT2D eigenvalue weighted by atomic mass is 16.2. The minimum absolute atomic E-state index is 0.229. The minimum Gasteiger partial charge on any atom is -0.399 e. The van der Waals surface area contributed by atoms with E-state index >= 15 is 0 Å². The fraction of sp³-hybridized carbons (Fsp3) is 0.364. The maximum absolute atomic E-state index is 11.3. The molecule has 74 valence electrons. The summed E-state index contributed by atoms with van der Waals surface area (Å²) in [6.07, 6.45) is 1.57. The lowest BCUT2D eigenvalue weighted by atomic mass is 10.0. The van der Waals surface area contributed by atoms with Gasteiger partial charge in [-0.25, -0.2) is 0 Å². The minimum atomic E-state index is 0.229. The van der Waals surface area contributed by atoms with E-state index in [-0.39, 0.29) is 11.9 Å². The second-order valence-corrected chi connectivity index (χ2v) is 3.73. The third-order valence-corrected chi connectivity index (χ3v) is 2.81. The number of nitrogens with zero attached hydrogens (tertiary/aromatic N) is 1. The number of carbonyl (C=O) groups excluding carboxylic acids is 1. The van der Waals surface area contributed by atoms with E-state index in [0.29, 0.717) is 6.42 Å². The summed E-state index contributed by atoms with van der Waals surface area (Å²) in [5, 5.41) is 0. The Kier molecular flexibility index (Phi) is 2.15. The lowest BCUT2D eigenvalue weighted by Crippen LogP contribution is -2.22. The van der Waals surface area contributed by atoms with E-state index in [1.54, 1.807) is 0 Å². The van der Waals surface area contributed by atoms with Crippen LogP contribution in [0.5, 0.6) is 0 Å². The van der Waals surface area contributed by atoms with Crippen molar-refractivity contribution in [3.8, 4) is 0 Å². The number of hydrogen-bond donors (Lipinski definition) is 1. The zero-order chi connectivity index (χ0) is 10.1. The molecule has 0 bridgehead atoms. The Bertz CT molecular complexity index is 345. The van der Waals surface area contributed by atoms with E-state index in [1.165, 1.54) is 5.56 Å². The first-order chi connectivity index (χ1) is 6.68. The van der Waals surface area contributed by atoms with Gasteiger partial charge in [0.15, 0.2) is 0 Å². The van der Waals surface area contributed by atoms with E-state index in [1.807, 2.05) is 36.2 Å². The van der Waals surface area contributed by atoms with E-state index in [9.17, 15) is 4.79 Å². The average Bonchev–Trinajstić information content (AvgIpc) is 2.50. The van der Waals surface area contributed by atoms with Crippen LogP contribution in [-0.2, 0) is 4.79 Å². The van der Waals surface area contributed by atoms with Crippen LogP contribution in [0.2, 0.25) is 0 Å². The standard InChI is InChI=1S/C11H14N2O/c1-13-10(6-7-11(13)14)8-2-4-9(12)5-3-8/h2-5,10H,6-7,12H2,1H3. The molecule has 3 nitrogen and oxygen atoms in total. The topological polar surface area (TPSA) is 46.3 Å². The van der Waals surface area contributed by atoms with Gasteiger partial charge in [-0.15, -0.1) is 0 Å². The van der Waals surface area contributed by atoms with Crippen LogP contribution < -0.4 is 5.73 Å². The Hall–Kier alpha value is -1.51. The molecule has 0 radical (unpaired) electrons. The van der Waals surface area contributed by atoms with E-state index < -0.39 is 0 Å². The Balaban J connectivity index is 2.23. The molecule has 2 rings (SSSR count). The molecular weight excluding hydrogens is 176 g/mol. The lowest BCUT2D eigenvalue weighted by Gasteiger charge is -2.20. The molecule has 1 aromatic carbocycles. The number of benzene rings is 1. The molecule has 3 heteroatoms. The predicted molar refractivity (Wildman–Crippen MR) is 55.6 cm³/mol. The first-order valence-electron chi connectivity index (χ1n) is 4.79. The summed E-state index contributed by atoms with van der Waals surface area (Å²) in [5.41, 5.74) is 7.54. The molecule has 1 atom stereocenters. The van der Waals surface area contributed by atoms with Crippen LogP contribution in [0.4, 0.5) is 5.69 Å². The van der Waals surface area contributed by atoms with Crippen molar-refractivity contribution in [3.05, 3.63) is 29.8 Å². The zero-order valence-corrected chi connectivity index (χ0v) is 8.23. The molecule has 1 aromatic rings. The predicted octanol–water partition coefficient (Wildman–Crippen LogP) is 1.56. The molecule has 0 aromatic heterocycles. The molecule has 0 spiro atoms. The van der Waals surface area contributed by atoms with Gasteiger partial charge in [0.05, 0.1) is 6.04 Å². The van der Waals surface area contributed by atoms with Gasteiger partial charge in [-0.05, 0) is 24.1 Å². The molecule has 1 saturated heterocycles. The smallest absolute Gasteiger partial charge is 0.222 e. The van der Waals surface area contributed by atoms with Crippen molar-refractivity contribution in [2.45, 2.75) is 18.9 Å². The van der Waals surface area contributed by atoms with Crippen molar-refractivity contribution >= 4 is 11.6 Å². The second kappa shape index (κ2) is 3.33. The third kappa shape index (κ3) is 1.45. The Morgan fingerprint density at radius 2 is 2.00 bits per heavy atom. The normalized spacial score (nSPS) is 21.6. The Labute approximate surface area is 83.5 Å². The van der Waals surface area contributed by atoms with Crippen LogP contribution in [0, 0.1) is 0 Å². The first-order valence-corrected chi connectivity index (χ1v) is 4.79. The Morgan fingerprint density at radius 1 is 1.36 bits per heavy atom. The van der Waals surface area contributed by atoms with Crippen molar-refractivity contribution < 1.29 is 4.79 Å². The highest BCUT2D eigenvalue weighted by Gasteiger charge is 2.28. The van der Waals surface area contributed by atoms with Gasteiger partial charge in [0.2, 0.25) is 5.91 Å². The molecule has 0 aliphatic carbocycles. The van der Waals surface area contributed by atoms with Gasteiger partial charge >= 0.3 is 0 Å². The second-order valence-electron chi connectivity index (χ2n) is 3.73. The number of anilines is 1. The molecule has 2 N–H and O–H groups in total. The maximum Gasteiger partial charge on any atom is 0.222 e. The summed E-state index contributed by atoms with van der Waals surface area (Å²) in [5.74, 6) is 0.229. The number of rotatable bonds is 1. The number of nitrogen functional groups attached to an aromatic ring is 1. The van der Waals surface area contributed by atoms with Gasteiger partial charge in [0.25, 0.3) is 0 Å². The van der Waals surface area contributed by atoms with Gasteiger partial charge in [-0.1, -0.05) is 12.1 Å². The summed E-state index contributed by atoms with van der Waals surface area (Å²) < 4.78 is 0. The zero-order valence-electron chi connectivity index (χ0n) is 8.23. The van der Waals surface area contributed by atoms with Crippen molar-refractivity contribution in [1.29, 1.82) is 0 Å². The fourth-order valence-corrected chi connectivity index (χ4v) is 1.91. The molecular formula is C11H14N2O. The summed E-state index contributed by atoms with van der Waals surface area (Å²) in [7, 11) is 1.86. The fourth-order valence-electron chi connectivity index (χ4n) is 1.91. The lowest BCUT2D eigenvalue weighted by molar-refractivity contribution is -0.127. The van der Waals surface area contributed by atoms with Crippen molar-refractivity contribution in [2.24, 2.45) is 0 Å². The first kappa shape index (κ1) is 9.06. The molecule has 1 aliphatic heterocycles. The van der Waals surface area contributed by atoms with Crippen LogP contribution in [0.25, 0.3) is 0 Å². The van der Waals surface area contributed by atoms with E-state index in [4.69, 9.17) is 5.73 Å². The van der Waals surface area contributed by atoms with Crippen LogP contribution in [0.1, 0.15) is 24.4 Å². The number of likely N-dealkylation sites (tertiary alicyclic amines) is 1. The van der Waals surface area contributed by atoms with Crippen molar-refractivity contribution in [1.82, 2.24) is 4.90 Å². The molecule has 0 saturated carbocycles. The van der Waals surface area contributed by atoms with Gasteiger partial charge in [-0.2, -0.15) is 0 Å². The molecule has 1 fully saturated rings. The van der Waals surface area contributed by atoms with Gasteiger partial charge in [0, 0.05) is 19.2 Å². The largest absolute Gasteiger partial charge is 0.399 e. The van der Waals surface area contributed by atoms with Crippen molar-refractivity contribution in [2.75, 3.05) is 12.8 Å². The third-order valence-electron chi connectivity index (χ3n) is 2.81. The SMILES string of the molecule is CN1C(=O)CCC1c1ccc(N)cc1. The van der Waals surface area contributed by atoms with Gasteiger partial charge < -0.3 is 10.6 Å². The van der Waals surface area contributed by atoms with Gasteiger partial charge in [0.1, 0.15) is 0 Å². The molecule has 1 aliphatic rings. The summed E-state index contributed by atoms with van der Waals surface area (Å²) in [6, 6.07) is 7.99. The highest BCUT2D eigenvalue weighted by Crippen LogP contribution is 2.31. The average molecular weight is 190 g/mol. The summed E-state index contributed by atoms with van der Waals surface area (Å²) in [4.78, 5) is 13.1. The van der Waals surface area contributed by atoms with E-state index in [2.05, 4.69) is 0 Å². The quantitative estimate of drug-likeness (QED) is 0.683. The van der Waals surface area contributed by atoms with Crippen LogP contribution in [0.15, 0.2) is 24.3 Å². The molecule has 1 heterocycles. The molecule has 1 unspecified atom stereocenters. The number of carbonyl (C=O) groups is 1. The van der Waals surface area contributed by atoms with Crippen molar-refractivity contribution in [3.63, 3.8) is 0 Å². The number of nitrogens with two attached hydrogens (primary N) is 1. The highest BCUT2D eigenvalue weighted by molar-refractivity contribution is 5.78. The summed E-state index contributed by atoms with van der Waals surface area (Å²) in [6.45, 7) is 0. The molecule has 1 amide bonds. The van der Waals surface area contributed by atoms with Gasteiger partial charge in [-0.3, -0.25) is 4.79 Å². The maximum atomic E-state index is 11.3. The number of amides is 1. The number of hydrogen-bond acceptors (Lipinski definition) is 2. The molecule has 14 heavy (non-hydrogen) atoms. The van der Waals surface area contributed by atoms with Crippen LogP contribution >= 0.6 is 0 Å². The summed E-state index contributed by atoms with van der Waals surface area (Å²) >= 11 is 0. The van der Waals surface area contributed by atoms with Crippen LogP contribution in [0.3, 0.4) is 0 Å². The van der Waals surface area contributed by atoms with Crippen LogP contribution in [-0.4, -0.2) is 17.9 Å².